The number of anilines is 1. The Morgan fingerprint density at radius 3 is 2.44 bits per heavy atom. The van der Waals surface area contributed by atoms with E-state index in [1.54, 1.807) is 24.3 Å². The van der Waals surface area contributed by atoms with Gasteiger partial charge in [-0.3, -0.25) is 14.4 Å². The molecule has 3 N–H and O–H groups in total. The summed E-state index contributed by atoms with van der Waals surface area (Å²) in [5.74, 6) is -0.0858. The molecule has 0 radical (unpaired) electrons. The summed E-state index contributed by atoms with van der Waals surface area (Å²) in [5, 5.41) is 22.3. The molecule has 0 atom stereocenters. The van der Waals surface area contributed by atoms with Crippen molar-refractivity contribution in [3.8, 4) is 5.75 Å². The van der Waals surface area contributed by atoms with E-state index in [1.165, 1.54) is 29.8 Å². The first-order valence-corrected chi connectivity index (χ1v) is 16.4. The van der Waals surface area contributed by atoms with E-state index >= 15 is 0 Å². The van der Waals surface area contributed by atoms with Crippen LogP contribution in [0.5, 0.6) is 5.75 Å². The number of fused-ring (bicyclic) bond motifs is 1. The number of hydrogen-bond donors (Lipinski definition) is 3. The minimum absolute atomic E-state index is 0.100. The molecule has 2 aromatic carbocycles. The minimum atomic E-state index is -4.59. The third-order valence-corrected chi connectivity index (χ3v) is 8.07. The summed E-state index contributed by atoms with van der Waals surface area (Å²) in [6.07, 6.45) is -3.68. The summed E-state index contributed by atoms with van der Waals surface area (Å²) in [5.41, 5.74) is 0.770. The van der Waals surface area contributed by atoms with E-state index in [4.69, 9.17) is 11.3 Å². The van der Waals surface area contributed by atoms with Crippen LogP contribution in [-0.4, -0.2) is 61.3 Å². The highest BCUT2D eigenvalue weighted by atomic mass is 32.2. The highest BCUT2D eigenvalue weighted by molar-refractivity contribution is 7.86. The van der Waals surface area contributed by atoms with Gasteiger partial charge in [-0.15, -0.1) is 15.3 Å². The van der Waals surface area contributed by atoms with Gasteiger partial charge in [-0.25, -0.2) is 14.5 Å². The largest absolute Gasteiger partial charge is 0.494 e. The molecule has 1 amide bonds. The molecule has 3 aromatic heterocycles. The van der Waals surface area contributed by atoms with E-state index in [-0.39, 0.29) is 35.1 Å². The highest BCUT2D eigenvalue weighted by Gasteiger charge is 2.32. The number of aryl methyl sites for hydroxylation is 2. The summed E-state index contributed by atoms with van der Waals surface area (Å²) < 4.78 is 80.1. The van der Waals surface area contributed by atoms with Crippen LogP contribution in [0.25, 0.3) is 10.5 Å². The Morgan fingerprint density at radius 2 is 1.80 bits per heavy atom. The Bertz CT molecular complexity index is 2230. The average Bonchev–Trinajstić information content (AvgIpc) is 3.67. The zero-order valence-corrected chi connectivity index (χ0v) is 28.0. The van der Waals surface area contributed by atoms with Crippen LogP contribution >= 0.6 is 0 Å². The first kappa shape index (κ1) is 35.7. The molecular formula is C31H31F3N10O5S. The van der Waals surface area contributed by atoms with Crippen molar-refractivity contribution >= 4 is 44.6 Å². The molecule has 0 saturated heterocycles. The number of alkyl halides is 3. The number of hydrogen-bond acceptors (Lipinski definition) is 9. The number of halogens is 3. The van der Waals surface area contributed by atoms with Crippen molar-refractivity contribution in [1.29, 1.82) is 0 Å². The van der Waals surface area contributed by atoms with Crippen LogP contribution in [0.1, 0.15) is 54.8 Å². The fourth-order valence-electron chi connectivity index (χ4n) is 4.88. The smallest absolute Gasteiger partial charge is 0.408 e. The van der Waals surface area contributed by atoms with Gasteiger partial charge in [-0.1, -0.05) is 32.9 Å². The van der Waals surface area contributed by atoms with Gasteiger partial charge in [-0.2, -0.15) is 31.3 Å². The molecule has 0 spiro atoms. The molecule has 0 saturated carbocycles. The lowest BCUT2D eigenvalue weighted by atomic mass is 9.91. The van der Waals surface area contributed by atoms with Gasteiger partial charge in [0.1, 0.15) is 17.2 Å². The van der Waals surface area contributed by atoms with Crippen molar-refractivity contribution in [1.82, 2.24) is 29.6 Å². The number of azo groups is 1. The van der Waals surface area contributed by atoms with E-state index in [0.29, 0.717) is 46.1 Å². The van der Waals surface area contributed by atoms with E-state index in [1.807, 2.05) is 20.8 Å². The van der Waals surface area contributed by atoms with Crippen LogP contribution in [-0.2, 0) is 28.5 Å². The number of carbonyl (C=O) groups excluding carboxylic acids is 1. The fraction of sp³-hybridized carbons (Fsp3) is 0.323. The second kappa shape index (κ2) is 13.7. The lowest BCUT2D eigenvalue weighted by Gasteiger charge is -2.16. The molecule has 262 valence electrons. The Balaban J connectivity index is 1.25. The lowest BCUT2D eigenvalue weighted by Crippen LogP contribution is -2.18. The van der Waals surface area contributed by atoms with Gasteiger partial charge < -0.3 is 10.1 Å². The van der Waals surface area contributed by atoms with E-state index in [2.05, 4.69) is 40.7 Å². The second-order valence-corrected chi connectivity index (χ2v) is 13.5. The third kappa shape index (κ3) is 8.15. The first-order valence-electron chi connectivity index (χ1n) is 15.0. The van der Waals surface area contributed by atoms with E-state index in [9.17, 15) is 30.9 Å². The molecule has 0 unspecified atom stereocenters. The third-order valence-electron chi connectivity index (χ3n) is 7.16. The molecule has 0 aliphatic carbocycles. The molecule has 50 heavy (non-hydrogen) atoms. The predicted molar refractivity (Wildman–Crippen MR) is 174 cm³/mol. The molecule has 5 rings (SSSR count). The summed E-state index contributed by atoms with van der Waals surface area (Å²) in [6, 6.07) is 11.7. The lowest BCUT2D eigenvalue weighted by molar-refractivity contribution is -0.142. The number of rotatable bonds is 11. The first-order chi connectivity index (χ1) is 23.4. The number of nitrogens with one attached hydrogen (secondary N) is 2. The zero-order chi connectivity index (χ0) is 36.4. The summed E-state index contributed by atoms with van der Waals surface area (Å²) in [7, 11) is -4.59. The van der Waals surface area contributed by atoms with Gasteiger partial charge in [0.15, 0.2) is 17.3 Å². The standard InChI is InChI=1S/C31H31F3N10O5S/c1-18-24(35-5)28(43(40-18)17-31(32,33)34)39-38-25-26(30(2,3)4)42-44-27(25)37-23(41-44)11-8-16-49-20-14-12-19(13-15-20)36-29(45)21-9-6-7-10-22(21)50(46,47)48/h6-7,9-10,12-15,42H,8,11,16-17H2,1-4H3,(H,36,45)(H,46,47,48). The van der Waals surface area contributed by atoms with Crippen LogP contribution in [0.3, 0.4) is 0 Å². The van der Waals surface area contributed by atoms with Crippen LogP contribution in [0.2, 0.25) is 0 Å². The highest BCUT2D eigenvalue weighted by Crippen LogP contribution is 2.38. The number of aromatic nitrogens is 6. The minimum Gasteiger partial charge on any atom is -0.494 e. The molecular weight excluding hydrogens is 681 g/mol. The van der Waals surface area contributed by atoms with Gasteiger partial charge in [0, 0.05) is 17.5 Å². The summed E-state index contributed by atoms with van der Waals surface area (Å²) in [6.45, 7) is 13.4. The Kier molecular flexibility index (Phi) is 9.79. The van der Waals surface area contributed by atoms with Crippen molar-refractivity contribution in [3.05, 3.63) is 82.7 Å². The number of ether oxygens (including phenoxy) is 1. The number of amides is 1. The maximum Gasteiger partial charge on any atom is 0.408 e. The molecule has 0 aliphatic rings. The van der Waals surface area contributed by atoms with Gasteiger partial charge in [-0.05, 0) is 49.7 Å². The number of benzene rings is 2. The van der Waals surface area contributed by atoms with Gasteiger partial charge in [0.25, 0.3) is 21.7 Å². The van der Waals surface area contributed by atoms with Crippen molar-refractivity contribution in [3.63, 3.8) is 0 Å². The number of carbonyl (C=O) groups is 1. The monoisotopic (exact) mass is 712 g/mol. The maximum absolute atomic E-state index is 13.2. The number of nitrogens with zero attached hydrogens (tertiary/aromatic N) is 8. The fourth-order valence-corrected chi connectivity index (χ4v) is 5.57. The predicted octanol–water partition coefficient (Wildman–Crippen LogP) is 6.90. The molecule has 0 fully saturated rings. The number of aromatic amines is 1. The van der Waals surface area contributed by atoms with Crippen molar-refractivity contribution in [2.45, 2.75) is 63.6 Å². The SMILES string of the molecule is [C-]#[N+]c1c(C)nn(CC(F)(F)F)c1N=Nc1c(C(C)(C)C)[nH]n2nc(CCCOc3ccc(NC(=O)c4ccccc4S(=O)(=O)O)cc3)nc12. The van der Waals surface area contributed by atoms with Crippen molar-refractivity contribution < 1.29 is 35.7 Å². The Hall–Kier alpha value is -5.61. The van der Waals surface area contributed by atoms with Crippen molar-refractivity contribution in [2.24, 2.45) is 10.2 Å². The molecule has 5 aromatic rings. The molecule has 15 nitrogen and oxygen atoms in total. The quantitative estimate of drug-likeness (QED) is 0.0571. The molecule has 0 aliphatic heterocycles. The van der Waals surface area contributed by atoms with Gasteiger partial charge in [0.05, 0.1) is 30.1 Å². The maximum atomic E-state index is 13.2. The molecule has 19 heteroatoms. The second-order valence-electron chi connectivity index (χ2n) is 12.1. The van der Waals surface area contributed by atoms with Gasteiger partial charge in [0.2, 0.25) is 5.65 Å². The Labute approximate surface area is 283 Å². The topological polar surface area (TPSA) is 186 Å². The van der Waals surface area contributed by atoms with Crippen LogP contribution in [0, 0.1) is 13.5 Å². The summed E-state index contributed by atoms with van der Waals surface area (Å²) >= 11 is 0. The Morgan fingerprint density at radius 1 is 1.10 bits per heavy atom. The number of H-pyrrole nitrogens is 1. The van der Waals surface area contributed by atoms with Crippen LogP contribution in [0.15, 0.2) is 63.7 Å². The molecule has 3 heterocycles. The van der Waals surface area contributed by atoms with Crippen LogP contribution < -0.4 is 10.1 Å². The van der Waals surface area contributed by atoms with Crippen LogP contribution in [0.4, 0.5) is 36.1 Å². The average molecular weight is 713 g/mol. The zero-order valence-electron chi connectivity index (χ0n) is 27.1. The van der Waals surface area contributed by atoms with E-state index in [0.717, 1.165) is 6.07 Å². The summed E-state index contributed by atoms with van der Waals surface area (Å²) in [4.78, 5) is 20.0. The van der Waals surface area contributed by atoms with Gasteiger partial charge >= 0.3 is 6.18 Å². The molecule has 0 bridgehead atoms. The van der Waals surface area contributed by atoms with E-state index < -0.39 is 39.1 Å². The van der Waals surface area contributed by atoms with Crippen molar-refractivity contribution in [2.75, 3.05) is 11.9 Å². The normalized spacial score (nSPS) is 12.5.